The van der Waals surface area contributed by atoms with Gasteiger partial charge >= 0.3 is 0 Å². The first-order valence-corrected chi connectivity index (χ1v) is 6.31. The molecule has 0 fully saturated rings. The molecule has 0 aliphatic rings. The summed E-state index contributed by atoms with van der Waals surface area (Å²) >= 11 is 3.13. The van der Waals surface area contributed by atoms with Crippen LogP contribution in [0.5, 0.6) is 0 Å². The lowest BCUT2D eigenvalue weighted by Crippen LogP contribution is -2.15. The van der Waals surface area contributed by atoms with Crippen LogP contribution in [0.3, 0.4) is 0 Å². The highest BCUT2D eigenvalue weighted by Crippen LogP contribution is 2.24. The summed E-state index contributed by atoms with van der Waals surface area (Å²) in [6.45, 7) is 0. The van der Waals surface area contributed by atoms with Crippen LogP contribution in [-0.4, -0.2) is 0 Å². The molecule has 4 heteroatoms. The van der Waals surface area contributed by atoms with E-state index in [0.29, 0.717) is 16.5 Å². The van der Waals surface area contributed by atoms with Crippen molar-refractivity contribution in [3.05, 3.63) is 69.7 Å². The van der Waals surface area contributed by atoms with E-state index in [2.05, 4.69) is 15.9 Å². The highest BCUT2D eigenvalue weighted by molar-refractivity contribution is 9.10. The van der Waals surface area contributed by atoms with Gasteiger partial charge in [0.2, 0.25) is 0 Å². The smallest absolute Gasteiger partial charge is 0.142 e. The molecule has 1 nitrogen and oxygen atoms in total. The molecule has 0 heterocycles. The van der Waals surface area contributed by atoms with E-state index >= 15 is 0 Å². The van der Waals surface area contributed by atoms with Crippen LogP contribution in [0.4, 0.5) is 8.78 Å². The standard InChI is InChI=1S/C14H12BrF2N/c15-12-3-1-2-11(14(12)17)13(18)8-9-4-6-10(16)7-5-9/h1-7,13H,8,18H2. The Bertz CT molecular complexity index is 540. The molecule has 0 aromatic heterocycles. The van der Waals surface area contributed by atoms with Gasteiger partial charge in [-0.1, -0.05) is 24.3 Å². The van der Waals surface area contributed by atoms with Gasteiger partial charge in [0.05, 0.1) is 4.47 Å². The third kappa shape index (κ3) is 2.94. The summed E-state index contributed by atoms with van der Waals surface area (Å²) in [6, 6.07) is 10.6. The summed E-state index contributed by atoms with van der Waals surface area (Å²) < 4.78 is 27.0. The molecule has 2 aromatic carbocycles. The molecule has 18 heavy (non-hydrogen) atoms. The Morgan fingerprint density at radius 3 is 2.39 bits per heavy atom. The second-order valence-electron chi connectivity index (χ2n) is 4.08. The number of benzene rings is 2. The van der Waals surface area contributed by atoms with Crippen LogP contribution in [0.1, 0.15) is 17.2 Å². The summed E-state index contributed by atoms with van der Waals surface area (Å²) in [4.78, 5) is 0. The van der Waals surface area contributed by atoms with Crippen LogP contribution < -0.4 is 5.73 Å². The van der Waals surface area contributed by atoms with Crippen molar-refractivity contribution in [2.75, 3.05) is 0 Å². The van der Waals surface area contributed by atoms with E-state index in [1.807, 2.05) is 0 Å². The highest BCUT2D eigenvalue weighted by Gasteiger charge is 2.13. The van der Waals surface area contributed by atoms with Crippen LogP contribution in [-0.2, 0) is 6.42 Å². The lowest BCUT2D eigenvalue weighted by atomic mass is 9.99. The molecule has 0 amide bonds. The molecule has 2 aromatic rings. The Labute approximate surface area is 113 Å². The highest BCUT2D eigenvalue weighted by atomic mass is 79.9. The van der Waals surface area contributed by atoms with E-state index in [1.165, 1.54) is 12.1 Å². The number of nitrogens with two attached hydrogens (primary N) is 1. The minimum Gasteiger partial charge on any atom is -0.324 e. The molecule has 0 aliphatic carbocycles. The van der Waals surface area contributed by atoms with Crippen LogP contribution in [0.25, 0.3) is 0 Å². The van der Waals surface area contributed by atoms with E-state index in [-0.39, 0.29) is 11.6 Å². The predicted octanol–water partition coefficient (Wildman–Crippen LogP) is 3.97. The fraction of sp³-hybridized carbons (Fsp3) is 0.143. The van der Waals surface area contributed by atoms with E-state index < -0.39 is 6.04 Å². The maximum atomic E-state index is 13.8. The number of hydrogen-bond acceptors (Lipinski definition) is 1. The fourth-order valence-electron chi connectivity index (χ4n) is 1.79. The maximum absolute atomic E-state index is 13.8. The topological polar surface area (TPSA) is 26.0 Å². The van der Waals surface area contributed by atoms with Gasteiger partial charge in [-0.25, -0.2) is 8.78 Å². The molecule has 0 saturated carbocycles. The Morgan fingerprint density at radius 2 is 1.72 bits per heavy atom. The van der Waals surface area contributed by atoms with Gasteiger partial charge in [-0.05, 0) is 46.1 Å². The predicted molar refractivity (Wildman–Crippen MR) is 71.1 cm³/mol. The van der Waals surface area contributed by atoms with Gasteiger partial charge in [-0.3, -0.25) is 0 Å². The van der Waals surface area contributed by atoms with Gasteiger partial charge in [0.15, 0.2) is 0 Å². The first-order chi connectivity index (χ1) is 8.58. The molecule has 0 bridgehead atoms. The van der Waals surface area contributed by atoms with Crippen molar-refractivity contribution in [3.8, 4) is 0 Å². The van der Waals surface area contributed by atoms with Crippen molar-refractivity contribution in [2.45, 2.75) is 12.5 Å². The lowest BCUT2D eigenvalue weighted by molar-refractivity contribution is 0.574. The third-order valence-electron chi connectivity index (χ3n) is 2.75. The number of rotatable bonds is 3. The van der Waals surface area contributed by atoms with Crippen molar-refractivity contribution in [3.63, 3.8) is 0 Å². The lowest BCUT2D eigenvalue weighted by Gasteiger charge is -2.13. The van der Waals surface area contributed by atoms with Gasteiger partial charge in [-0.15, -0.1) is 0 Å². The zero-order valence-electron chi connectivity index (χ0n) is 9.54. The minimum absolute atomic E-state index is 0.291. The molecule has 0 spiro atoms. The average Bonchev–Trinajstić information content (AvgIpc) is 2.35. The van der Waals surface area contributed by atoms with Gasteiger partial charge in [0, 0.05) is 11.6 Å². The van der Waals surface area contributed by atoms with Crippen molar-refractivity contribution >= 4 is 15.9 Å². The molecule has 94 valence electrons. The first-order valence-electron chi connectivity index (χ1n) is 5.52. The monoisotopic (exact) mass is 311 g/mol. The Hall–Kier alpha value is -1.26. The van der Waals surface area contributed by atoms with E-state index in [1.54, 1.807) is 30.3 Å². The Kier molecular flexibility index (Phi) is 4.09. The molecule has 1 unspecified atom stereocenters. The summed E-state index contributed by atoms with van der Waals surface area (Å²) in [5, 5.41) is 0. The summed E-state index contributed by atoms with van der Waals surface area (Å²) in [5.74, 6) is -0.631. The average molecular weight is 312 g/mol. The Balaban J connectivity index is 2.19. The van der Waals surface area contributed by atoms with Gasteiger partial charge in [-0.2, -0.15) is 0 Å². The van der Waals surface area contributed by atoms with Crippen molar-refractivity contribution in [1.82, 2.24) is 0 Å². The second-order valence-corrected chi connectivity index (χ2v) is 4.93. The van der Waals surface area contributed by atoms with Crippen LogP contribution in [0, 0.1) is 11.6 Å². The van der Waals surface area contributed by atoms with E-state index in [4.69, 9.17) is 5.73 Å². The summed E-state index contributed by atoms with van der Waals surface area (Å²) in [5.41, 5.74) is 7.31. The fourth-order valence-corrected chi connectivity index (χ4v) is 2.17. The number of hydrogen-bond donors (Lipinski definition) is 1. The van der Waals surface area contributed by atoms with Crippen LogP contribution in [0.15, 0.2) is 46.9 Å². The molecule has 0 aliphatic heterocycles. The quantitative estimate of drug-likeness (QED) is 0.912. The van der Waals surface area contributed by atoms with Crippen LogP contribution in [0.2, 0.25) is 0 Å². The van der Waals surface area contributed by atoms with Crippen molar-refractivity contribution < 1.29 is 8.78 Å². The number of halogens is 3. The second kappa shape index (κ2) is 5.59. The van der Waals surface area contributed by atoms with Crippen molar-refractivity contribution in [1.29, 1.82) is 0 Å². The van der Waals surface area contributed by atoms with Gasteiger partial charge < -0.3 is 5.73 Å². The maximum Gasteiger partial charge on any atom is 0.142 e. The minimum atomic E-state index is -0.451. The van der Waals surface area contributed by atoms with Crippen molar-refractivity contribution in [2.24, 2.45) is 5.73 Å². The van der Waals surface area contributed by atoms with Gasteiger partial charge in [0.25, 0.3) is 0 Å². The normalized spacial score (nSPS) is 12.4. The summed E-state index contributed by atoms with van der Waals surface area (Å²) in [6.07, 6.45) is 0.466. The molecule has 1 atom stereocenters. The van der Waals surface area contributed by atoms with Crippen LogP contribution >= 0.6 is 15.9 Å². The molecule has 0 saturated heterocycles. The zero-order chi connectivity index (χ0) is 13.1. The van der Waals surface area contributed by atoms with E-state index in [9.17, 15) is 8.78 Å². The largest absolute Gasteiger partial charge is 0.324 e. The molecule has 0 radical (unpaired) electrons. The SMILES string of the molecule is NC(Cc1ccc(F)cc1)c1cccc(Br)c1F. The summed E-state index contributed by atoms with van der Waals surface area (Å²) in [7, 11) is 0. The molecule has 2 N–H and O–H groups in total. The third-order valence-corrected chi connectivity index (χ3v) is 3.36. The molecular formula is C14H12BrF2N. The Morgan fingerprint density at radius 1 is 1.06 bits per heavy atom. The molecule has 2 rings (SSSR count). The zero-order valence-corrected chi connectivity index (χ0v) is 11.1. The van der Waals surface area contributed by atoms with E-state index in [0.717, 1.165) is 5.56 Å². The van der Waals surface area contributed by atoms with Gasteiger partial charge in [0.1, 0.15) is 11.6 Å². The first kappa shape index (κ1) is 13.2. The molecular weight excluding hydrogens is 300 g/mol.